The molecule has 0 aliphatic carbocycles. The van der Waals surface area contributed by atoms with Gasteiger partial charge in [-0.3, -0.25) is 9.78 Å². The molecule has 1 saturated heterocycles. The fraction of sp³-hybridized carbons (Fsp3) is 0.381. The first kappa shape index (κ1) is 21.7. The Morgan fingerprint density at radius 3 is 2.69 bits per heavy atom. The first-order valence-electron chi connectivity index (χ1n) is 10.2. The van der Waals surface area contributed by atoms with Crippen molar-refractivity contribution in [3.8, 4) is 11.4 Å². The molecular weight excluding hydrogens is 425 g/mol. The number of carbonyl (C=O) groups is 1. The van der Waals surface area contributed by atoms with Crippen LogP contribution in [0.1, 0.15) is 24.3 Å². The maximum atomic E-state index is 12.7. The van der Waals surface area contributed by atoms with Crippen molar-refractivity contribution in [2.45, 2.75) is 25.4 Å². The Balaban J connectivity index is 1.30. The Labute approximate surface area is 182 Å². The van der Waals surface area contributed by atoms with Crippen molar-refractivity contribution < 1.29 is 22.5 Å². The molecule has 3 aromatic heterocycles. The predicted octanol–water partition coefficient (Wildman–Crippen LogP) is 3.22. The van der Waals surface area contributed by atoms with E-state index in [-0.39, 0.29) is 12.3 Å². The monoisotopic (exact) mass is 446 g/mol. The molecule has 3 aromatic rings. The molecule has 4 rings (SSSR count). The second-order valence-electron chi connectivity index (χ2n) is 7.38. The highest BCUT2D eigenvalue weighted by atomic mass is 19.4. The summed E-state index contributed by atoms with van der Waals surface area (Å²) >= 11 is 0. The zero-order valence-electron chi connectivity index (χ0n) is 17.1. The summed E-state index contributed by atoms with van der Waals surface area (Å²) in [5.74, 6) is 1.24. The summed E-state index contributed by atoms with van der Waals surface area (Å²) in [4.78, 5) is 28.6. The van der Waals surface area contributed by atoms with Crippen molar-refractivity contribution in [3.63, 3.8) is 0 Å². The summed E-state index contributed by atoms with van der Waals surface area (Å²) in [7, 11) is 0. The average Bonchev–Trinajstić information content (AvgIpc) is 3.13. The third-order valence-electron chi connectivity index (χ3n) is 5.19. The first-order valence-corrected chi connectivity index (χ1v) is 10.2. The third-order valence-corrected chi connectivity index (χ3v) is 5.19. The van der Waals surface area contributed by atoms with Gasteiger partial charge in [0.25, 0.3) is 0 Å². The molecule has 0 spiro atoms. The van der Waals surface area contributed by atoms with Gasteiger partial charge in [0.05, 0.1) is 5.56 Å². The van der Waals surface area contributed by atoms with Gasteiger partial charge in [-0.05, 0) is 30.7 Å². The number of alkyl halides is 3. The van der Waals surface area contributed by atoms with E-state index in [1.807, 2.05) is 11.0 Å². The van der Waals surface area contributed by atoms with Gasteiger partial charge in [0.1, 0.15) is 5.82 Å². The number of carbonyl (C=O) groups excluding carboxylic acids is 1. The molecule has 4 heterocycles. The van der Waals surface area contributed by atoms with Crippen LogP contribution < -0.4 is 4.90 Å². The van der Waals surface area contributed by atoms with Crippen LogP contribution in [0.15, 0.2) is 47.4 Å². The van der Waals surface area contributed by atoms with E-state index in [1.165, 1.54) is 6.07 Å². The molecule has 1 aliphatic heterocycles. The van der Waals surface area contributed by atoms with Gasteiger partial charge in [-0.1, -0.05) is 5.16 Å². The smallest absolute Gasteiger partial charge is 0.355 e. The minimum Gasteiger partial charge on any atom is -0.355 e. The number of hydrogen-bond donors (Lipinski definition) is 0. The molecule has 0 aromatic carbocycles. The largest absolute Gasteiger partial charge is 0.417 e. The van der Waals surface area contributed by atoms with Crippen molar-refractivity contribution in [3.05, 3.63) is 54.3 Å². The minimum absolute atomic E-state index is 0.0339. The fourth-order valence-corrected chi connectivity index (χ4v) is 3.48. The van der Waals surface area contributed by atoms with Crippen LogP contribution in [0.3, 0.4) is 0 Å². The molecule has 0 bridgehead atoms. The minimum atomic E-state index is -4.41. The van der Waals surface area contributed by atoms with E-state index in [1.54, 1.807) is 23.4 Å². The molecule has 0 radical (unpaired) electrons. The molecule has 1 fully saturated rings. The number of anilines is 1. The molecule has 32 heavy (non-hydrogen) atoms. The van der Waals surface area contributed by atoms with Gasteiger partial charge in [0, 0.05) is 63.2 Å². The average molecular weight is 446 g/mol. The summed E-state index contributed by atoms with van der Waals surface area (Å²) in [6, 6.07) is 6.00. The van der Waals surface area contributed by atoms with Gasteiger partial charge in [0.15, 0.2) is 0 Å². The standard InChI is InChI=1S/C21H21F3N6O2/c22-21(23,24)16-4-5-17(26-14-16)29-9-2-10-30(12-11-29)19(31)7-6-18-27-20(28-32-18)15-3-1-8-25-13-15/h1,3-5,8,13-14H,2,6-7,9-12H2. The van der Waals surface area contributed by atoms with Gasteiger partial charge >= 0.3 is 6.18 Å². The molecule has 0 N–H and O–H groups in total. The highest BCUT2D eigenvalue weighted by Gasteiger charge is 2.31. The van der Waals surface area contributed by atoms with E-state index < -0.39 is 11.7 Å². The number of hydrogen-bond acceptors (Lipinski definition) is 7. The van der Waals surface area contributed by atoms with Crippen molar-refractivity contribution >= 4 is 11.7 Å². The van der Waals surface area contributed by atoms with Gasteiger partial charge in [-0.15, -0.1) is 0 Å². The van der Waals surface area contributed by atoms with Crippen LogP contribution in [0.4, 0.5) is 19.0 Å². The van der Waals surface area contributed by atoms with Crippen molar-refractivity contribution in [2.75, 3.05) is 31.1 Å². The Hall–Kier alpha value is -3.50. The molecule has 0 unspecified atom stereocenters. The number of nitrogens with zero attached hydrogens (tertiary/aromatic N) is 6. The fourth-order valence-electron chi connectivity index (χ4n) is 3.48. The highest BCUT2D eigenvalue weighted by Crippen LogP contribution is 2.29. The summed E-state index contributed by atoms with van der Waals surface area (Å²) in [5, 5.41) is 3.92. The third kappa shape index (κ3) is 5.21. The number of pyridine rings is 2. The van der Waals surface area contributed by atoms with E-state index in [0.717, 1.165) is 17.8 Å². The summed E-state index contributed by atoms with van der Waals surface area (Å²) < 4.78 is 43.4. The van der Waals surface area contributed by atoms with Gasteiger partial charge < -0.3 is 14.3 Å². The molecule has 0 saturated carbocycles. The number of aryl methyl sites for hydroxylation is 1. The first-order chi connectivity index (χ1) is 15.4. The lowest BCUT2D eigenvalue weighted by atomic mass is 10.2. The van der Waals surface area contributed by atoms with E-state index in [2.05, 4.69) is 20.1 Å². The quantitative estimate of drug-likeness (QED) is 0.595. The zero-order valence-corrected chi connectivity index (χ0v) is 17.1. The lowest BCUT2D eigenvalue weighted by molar-refractivity contribution is -0.137. The van der Waals surface area contributed by atoms with Crippen molar-refractivity contribution in [1.29, 1.82) is 0 Å². The van der Waals surface area contributed by atoms with E-state index in [9.17, 15) is 18.0 Å². The summed E-state index contributed by atoms with van der Waals surface area (Å²) in [6.07, 6.45) is 0.964. The van der Waals surface area contributed by atoms with Crippen molar-refractivity contribution in [1.82, 2.24) is 25.0 Å². The predicted molar refractivity (Wildman–Crippen MR) is 108 cm³/mol. The SMILES string of the molecule is O=C(CCc1nc(-c2cccnc2)no1)N1CCCN(c2ccc(C(F)(F)F)cn2)CC1. The molecular formula is C21H21F3N6O2. The maximum absolute atomic E-state index is 12.7. The number of amides is 1. The highest BCUT2D eigenvalue weighted by molar-refractivity contribution is 5.76. The number of halogens is 3. The topological polar surface area (TPSA) is 88.2 Å². The van der Waals surface area contributed by atoms with Gasteiger partial charge in [0.2, 0.25) is 17.6 Å². The maximum Gasteiger partial charge on any atom is 0.417 e. The zero-order chi connectivity index (χ0) is 22.6. The van der Waals surface area contributed by atoms with Crippen LogP contribution in [0.25, 0.3) is 11.4 Å². The normalized spacial score (nSPS) is 15.0. The van der Waals surface area contributed by atoms with Crippen LogP contribution in [0, 0.1) is 0 Å². The van der Waals surface area contributed by atoms with Crippen LogP contribution >= 0.6 is 0 Å². The lowest BCUT2D eigenvalue weighted by Gasteiger charge is -2.23. The summed E-state index contributed by atoms with van der Waals surface area (Å²) in [6.45, 7) is 2.14. The molecule has 8 nitrogen and oxygen atoms in total. The van der Waals surface area contributed by atoms with Gasteiger partial charge in [-0.25, -0.2) is 4.98 Å². The van der Waals surface area contributed by atoms with Crippen LogP contribution in [-0.4, -0.2) is 57.1 Å². The second kappa shape index (κ2) is 9.33. The Morgan fingerprint density at radius 1 is 1.09 bits per heavy atom. The van der Waals surface area contributed by atoms with Crippen molar-refractivity contribution in [2.24, 2.45) is 0 Å². The van der Waals surface area contributed by atoms with Crippen LogP contribution in [0.5, 0.6) is 0 Å². The number of rotatable bonds is 5. The Morgan fingerprint density at radius 2 is 1.97 bits per heavy atom. The van der Waals surface area contributed by atoms with Crippen LogP contribution in [-0.2, 0) is 17.4 Å². The molecule has 11 heteroatoms. The molecule has 168 valence electrons. The Bertz CT molecular complexity index is 1040. The van der Waals surface area contributed by atoms with E-state index in [4.69, 9.17) is 4.52 Å². The second-order valence-corrected chi connectivity index (χ2v) is 7.38. The van der Waals surface area contributed by atoms with Gasteiger partial charge in [-0.2, -0.15) is 18.2 Å². The summed E-state index contributed by atoms with van der Waals surface area (Å²) in [5.41, 5.74) is -0.0427. The molecule has 0 atom stereocenters. The lowest BCUT2D eigenvalue weighted by Crippen LogP contribution is -2.35. The van der Waals surface area contributed by atoms with E-state index >= 15 is 0 Å². The molecule has 1 aliphatic rings. The number of aromatic nitrogens is 4. The van der Waals surface area contributed by atoms with E-state index in [0.29, 0.717) is 56.6 Å². The Kier molecular flexibility index (Phi) is 6.33. The molecule has 1 amide bonds. The van der Waals surface area contributed by atoms with Crippen LogP contribution in [0.2, 0.25) is 0 Å².